The number of ether oxygens (including phenoxy) is 1. The number of rotatable bonds is 11. The number of aliphatic imine (C=N–C) groups is 1. The van der Waals surface area contributed by atoms with E-state index >= 15 is 0 Å². The van der Waals surface area contributed by atoms with Crippen LogP contribution in [0.25, 0.3) is 0 Å². The molecule has 5 heteroatoms. The van der Waals surface area contributed by atoms with Crippen LogP contribution >= 0.6 is 0 Å². The fourth-order valence-electron chi connectivity index (χ4n) is 3.18. The summed E-state index contributed by atoms with van der Waals surface area (Å²) in [5.74, 6) is 1.92. The van der Waals surface area contributed by atoms with Crippen molar-refractivity contribution < 1.29 is 4.74 Å². The van der Waals surface area contributed by atoms with Gasteiger partial charge < -0.3 is 20.3 Å². The highest BCUT2D eigenvalue weighted by Crippen LogP contribution is 2.28. The van der Waals surface area contributed by atoms with E-state index in [1.54, 1.807) is 0 Å². The van der Waals surface area contributed by atoms with Crippen molar-refractivity contribution in [3.63, 3.8) is 0 Å². The van der Waals surface area contributed by atoms with E-state index in [2.05, 4.69) is 48.7 Å². The molecule has 1 aromatic rings. The van der Waals surface area contributed by atoms with Crippen LogP contribution in [0, 0.1) is 0 Å². The second kappa shape index (κ2) is 11.8. The first-order valence-corrected chi connectivity index (χ1v) is 10.1. The van der Waals surface area contributed by atoms with Crippen molar-refractivity contribution in [3.8, 4) is 5.75 Å². The summed E-state index contributed by atoms with van der Waals surface area (Å²) in [5.41, 5.74) is 1.29. The van der Waals surface area contributed by atoms with Crippen LogP contribution in [-0.2, 0) is 6.42 Å². The van der Waals surface area contributed by atoms with Crippen molar-refractivity contribution in [2.45, 2.75) is 51.6 Å². The highest BCUT2D eigenvalue weighted by atomic mass is 16.5. The van der Waals surface area contributed by atoms with Gasteiger partial charge in [-0.2, -0.15) is 0 Å². The van der Waals surface area contributed by atoms with Crippen LogP contribution in [0.5, 0.6) is 5.75 Å². The summed E-state index contributed by atoms with van der Waals surface area (Å²) in [4.78, 5) is 6.97. The summed E-state index contributed by atoms with van der Waals surface area (Å²) in [7, 11) is 4.28. The van der Waals surface area contributed by atoms with E-state index in [4.69, 9.17) is 9.73 Å². The molecule has 2 N–H and O–H groups in total. The molecule has 2 rings (SSSR count). The van der Waals surface area contributed by atoms with Crippen molar-refractivity contribution in [3.05, 3.63) is 29.8 Å². The first kappa shape index (κ1) is 20.6. The summed E-state index contributed by atoms with van der Waals surface area (Å²) in [6, 6.07) is 8.28. The van der Waals surface area contributed by atoms with Crippen molar-refractivity contribution in [1.82, 2.24) is 15.5 Å². The third kappa shape index (κ3) is 7.65. The molecule has 1 aromatic carbocycles. The lowest BCUT2D eigenvalue weighted by molar-refractivity contribution is 0.241. The molecule has 146 valence electrons. The van der Waals surface area contributed by atoms with E-state index in [1.807, 2.05) is 12.1 Å². The number of para-hydroxylation sites is 1. The second-order valence-electron chi connectivity index (χ2n) is 7.27. The maximum absolute atomic E-state index is 5.97. The Labute approximate surface area is 159 Å². The molecule has 0 radical (unpaired) electrons. The number of nitrogens with zero attached hydrogens (tertiary/aromatic N) is 2. The Hall–Kier alpha value is -1.75. The zero-order valence-corrected chi connectivity index (χ0v) is 16.8. The van der Waals surface area contributed by atoms with Crippen LogP contribution in [0.15, 0.2) is 29.3 Å². The Balaban J connectivity index is 1.61. The number of unbranched alkanes of at least 4 members (excludes halogenated alkanes) is 4. The molecule has 0 saturated carbocycles. The topological polar surface area (TPSA) is 48.9 Å². The van der Waals surface area contributed by atoms with Crippen molar-refractivity contribution in [2.24, 2.45) is 4.99 Å². The molecule has 0 aromatic heterocycles. The van der Waals surface area contributed by atoms with E-state index in [0.717, 1.165) is 31.2 Å². The number of guanidine groups is 1. The van der Waals surface area contributed by atoms with E-state index in [1.165, 1.54) is 44.2 Å². The lowest BCUT2D eigenvalue weighted by Crippen LogP contribution is -2.38. The zero-order chi connectivity index (χ0) is 18.6. The van der Waals surface area contributed by atoms with Gasteiger partial charge in [-0.15, -0.1) is 0 Å². The third-order valence-electron chi connectivity index (χ3n) is 4.59. The van der Waals surface area contributed by atoms with Gasteiger partial charge in [-0.25, -0.2) is 4.99 Å². The molecule has 1 heterocycles. The molecule has 1 atom stereocenters. The fourth-order valence-corrected chi connectivity index (χ4v) is 3.18. The van der Waals surface area contributed by atoms with Gasteiger partial charge in [0.2, 0.25) is 0 Å². The SMILES string of the molecule is CCNC(=NCC1Cc2ccccc2O1)NCCCCCCCN(C)C. The van der Waals surface area contributed by atoms with Gasteiger partial charge in [-0.3, -0.25) is 0 Å². The number of hydrogen-bond donors (Lipinski definition) is 2. The van der Waals surface area contributed by atoms with Crippen LogP contribution in [0.1, 0.15) is 44.6 Å². The van der Waals surface area contributed by atoms with Gasteiger partial charge in [-0.05, 0) is 52.0 Å². The quantitative estimate of drug-likeness (QED) is 0.362. The minimum absolute atomic E-state index is 0.152. The summed E-state index contributed by atoms with van der Waals surface area (Å²) in [6.07, 6.45) is 7.52. The average Bonchev–Trinajstić information content (AvgIpc) is 3.04. The minimum atomic E-state index is 0.152. The molecule has 1 aliphatic rings. The van der Waals surface area contributed by atoms with E-state index in [-0.39, 0.29) is 6.10 Å². The Kier molecular flexibility index (Phi) is 9.32. The Morgan fingerprint density at radius 1 is 1.12 bits per heavy atom. The normalized spacial score (nSPS) is 16.5. The molecular formula is C21H36N4O. The van der Waals surface area contributed by atoms with Gasteiger partial charge in [0.15, 0.2) is 5.96 Å². The first-order chi connectivity index (χ1) is 12.7. The van der Waals surface area contributed by atoms with Crippen LogP contribution in [0.4, 0.5) is 0 Å². The second-order valence-corrected chi connectivity index (χ2v) is 7.27. The Bertz CT molecular complexity index is 520. The summed E-state index contributed by atoms with van der Waals surface area (Å²) >= 11 is 0. The van der Waals surface area contributed by atoms with Gasteiger partial charge in [0, 0.05) is 19.5 Å². The molecule has 1 unspecified atom stereocenters. The lowest BCUT2D eigenvalue weighted by atomic mass is 10.1. The van der Waals surface area contributed by atoms with Crippen molar-refractivity contribution in [2.75, 3.05) is 40.3 Å². The molecule has 0 fully saturated rings. The number of benzene rings is 1. The van der Waals surface area contributed by atoms with Crippen LogP contribution < -0.4 is 15.4 Å². The van der Waals surface area contributed by atoms with Gasteiger partial charge in [0.25, 0.3) is 0 Å². The molecule has 0 aliphatic carbocycles. The molecule has 26 heavy (non-hydrogen) atoms. The fraction of sp³-hybridized carbons (Fsp3) is 0.667. The van der Waals surface area contributed by atoms with Crippen LogP contribution in [-0.4, -0.2) is 57.2 Å². The van der Waals surface area contributed by atoms with Gasteiger partial charge >= 0.3 is 0 Å². The van der Waals surface area contributed by atoms with Crippen LogP contribution in [0.3, 0.4) is 0 Å². The van der Waals surface area contributed by atoms with E-state index in [9.17, 15) is 0 Å². The van der Waals surface area contributed by atoms with Gasteiger partial charge in [-0.1, -0.05) is 37.5 Å². The lowest BCUT2D eigenvalue weighted by Gasteiger charge is -2.13. The molecule has 0 bridgehead atoms. The van der Waals surface area contributed by atoms with Crippen LogP contribution in [0.2, 0.25) is 0 Å². The first-order valence-electron chi connectivity index (χ1n) is 10.1. The zero-order valence-electron chi connectivity index (χ0n) is 16.8. The Morgan fingerprint density at radius 2 is 1.88 bits per heavy atom. The highest BCUT2D eigenvalue weighted by molar-refractivity contribution is 5.79. The summed E-state index contributed by atoms with van der Waals surface area (Å²) < 4.78 is 5.97. The standard InChI is InChI=1S/C21H36N4O/c1-4-22-21(23-14-10-6-5-7-11-15-25(2)3)24-17-19-16-18-12-8-9-13-20(18)26-19/h8-9,12-13,19H,4-7,10-11,14-17H2,1-3H3,(H2,22,23,24). The number of hydrogen-bond acceptors (Lipinski definition) is 3. The number of nitrogens with one attached hydrogen (secondary N) is 2. The minimum Gasteiger partial charge on any atom is -0.488 e. The maximum atomic E-state index is 5.97. The number of fused-ring (bicyclic) bond motifs is 1. The molecular weight excluding hydrogens is 324 g/mol. The average molecular weight is 361 g/mol. The maximum Gasteiger partial charge on any atom is 0.191 e. The van der Waals surface area contributed by atoms with Gasteiger partial charge in [0.05, 0.1) is 6.54 Å². The predicted molar refractivity (Wildman–Crippen MR) is 110 cm³/mol. The molecule has 0 saturated heterocycles. The summed E-state index contributed by atoms with van der Waals surface area (Å²) in [6.45, 7) is 5.84. The predicted octanol–water partition coefficient (Wildman–Crippen LogP) is 3.06. The summed E-state index contributed by atoms with van der Waals surface area (Å²) in [5, 5.41) is 6.78. The van der Waals surface area contributed by atoms with Gasteiger partial charge in [0.1, 0.15) is 11.9 Å². The Morgan fingerprint density at radius 3 is 2.65 bits per heavy atom. The molecule has 5 nitrogen and oxygen atoms in total. The highest BCUT2D eigenvalue weighted by Gasteiger charge is 2.21. The van der Waals surface area contributed by atoms with E-state index in [0.29, 0.717) is 6.54 Å². The third-order valence-corrected chi connectivity index (χ3v) is 4.59. The van der Waals surface area contributed by atoms with E-state index < -0.39 is 0 Å². The monoisotopic (exact) mass is 360 g/mol. The van der Waals surface area contributed by atoms with Crippen molar-refractivity contribution >= 4 is 5.96 Å². The molecule has 0 spiro atoms. The molecule has 0 amide bonds. The largest absolute Gasteiger partial charge is 0.488 e. The van der Waals surface area contributed by atoms with Crippen molar-refractivity contribution in [1.29, 1.82) is 0 Å². The molecule has 1 aliphatic heterocycles. The smallest absolute Gasteiger partial charge is 0.191 e.